The number of fused-ring (bicyclic) bond motifs is 1. The summed E-state index contributed by atoms with van der Waals surface area (Å²) in [6.45, 7) is 10.4. The van der Waals surface area contributed by atoms with Gasteiger partial charge in [-0.2, -0.15) is 0 Å². The van der Waals surface area contributed by atoms with Gasteiger partial charge in [-0.05, 0) is 61.1 Å². The van der Waals surface area contributed by atoms with Gasteiger partial charge in [0.25, 0.3) is 0 Å². The number of hydrogen-bond donors (Lipinski definition) is 1. The Labute approximate surface area is 154 Å². The average Bonchev–Trinajstić information content (AvgIpc) is 2.53. The van der Waals surface area contributed by atoms with Crippen LogP contribution in [0.1, 0.15) is 56.2 Å². The van der Waals surface area contributed by atoms with Crippen LogP contribution in [-0.2, 0) is 11.3 Å². The van der Waals surface area contributed by atoms with Gasteiger partial charge in [-0.3, -0.25) is 9.69 Å². The number of aryl methyl sites for hydroxylation is 1. The van der Waals surface area contributed by atoms with Crippen LogP contribution in [0.5, 0.6) is 0 Å². The minimum Gasteiger partial charge on any atom is -0.423 e. The summed E-state index contributed by atoms with van der Waals surface area (Å²) in [6.07, 6.45) is 2.05. The van der Waals surface area contributed by atoms with Gasteiger partial charge in [0.2, 0.25) is 5.91 Å². The van der Waals surface area contributed by atoms with Crippen molar-refractivity contribution in [1.82, 2.24) is 10.2 Å². The van der Waals surface area contributed by atoms with Crippen molar-refractivity contribution in [2.45, 2.75) is 59.0 Å². The van der Waals surface area contributed by atoms with E-state index < -0.39 is 0 Å². The number of carbonyl (C=O) groups is 1. The lowest BCUT2D eigenvalue weighted by molar-refractivity contribution is -0.120. The first-order valence-electron chi connectivity index (χ1n) is 9.40. The van der Waals surface area contributed by atoms with Crippen LogP contribution >= 0.6 is 0 Å². The SMILES string of the molecule is CC(=O)NC1CCCN(Cc2cc(=O)oc3cc(C)c(C(C)C)cc23)C1. The Hall–Kier alpha value is -2.14. The van der Waals surface area contributed by atoms with Gasteiger partial charge >= 0.3 is 5.63 Å². The highest BCUT2D eigenvalue weighted by molar-refractivity contribution is 5.82. The van der Waals surface area contributed by atoms with Crippen LogP contribution in [-0.4, -0.2) is 29.9 Å². The number of hydrogen-bond acceptors (Lipinski definition) is 4. The van der Waals surface area contributed by atoms with Gasteiger partial charge in [0.05, 0.1) is 0 Å². The third kappa shape index (κ3) is 4.15. The molecule has 1 fully saturated rings. The number of rotatable bonds is 4. The van der Waals surface area contributed by atoms with Gasteiger partial charge < -0.3 is 9.73 Å². The van der Waals surface area contributed by atoms with Crippen molar-refractivity contribution in [2.75, 3.05) is 13.1 Å². The molecule has 0 aliphatic carbocycles. The molecule has 0 saturated carbocycles. The van der Waals surface area contributed by atoms with Crippen molar-refractivity contribution in [3.8, 4) is 0 Å². The number of nitrogens with zero attached hydrogens (tertiary/aromatic N) is 1. The number of carbonyl (C=O) groups excluding carboxylic acids is 1. The van der Waals surface area contributed by atoms with Crippen LogP contribution in [0.4, 0.5) is 0 Å². The molecular weight excluding hydrogens is 328 g/mol. The molecule has 1 aliphatic rings. The monoisotopic (exact) mass is 356 g/mol. The zero-order chi connectivity index (χ0) is 18.8. The predicted molar refractivity (Wildman–Crippen MR) is 103 cm³/mol. The Bertz CT molecular complexity index is 869. The Morgan fingerprint density at radius 1 is 1.35 bits per heavy atom. The first-order valence-corrected chi connectivity index (χ1v) is 9.40. The van der Waals surface area contributed by atoms with E-state index in [1.807, 2.05) is 6.07 Å². The molecule has 1 aromatic carbocycles. The molecule has 1 aromatic heterocycles. The van der Waals surface area contributed by atoms with Gasteiger partial charge in [-0.15, -0.1) is 0 Å². The number of nitrogens with one attached hydrogen (secondary N) is 1. The standard InChI is InChI=1S/C21H28N2O3/c1-13(2)18-10-19-16(9-21(25)26-20(19)8-14(18)3)11-23-7-5-6-17(12-23)22-15(4)24/h8-10,13,17H,5-7,11-12H2,1-4H3,(H,22,24). The molecule has 26 heavy (non-hydrogen) atoms. The normalized spacial score (nSPS) is 18.4. The van der Waals surface area contributed by atoms with E-state index in [2.05, 4.69) is 37.1 Å². The number of benzene rings is 1. The largest absolute Gasteiger partial charge is 0.423 e. The third-order valence-corrected chi connectivity index (χ3v) is 5.15. The first kappa shape index (κ1) is 18.6. The molecule has 5 nitrogen and oxygen atoms in total. The van der Waals surface area contributed by atoms with E-state index in [0.717, 1.165) is 42.4 Å². The summed E-state index contributed by atoms with van der Waals surface area (Å²) in [4.78, 5) is 25.7. The molecule has 1 amide bonds. The average molecular weight is 356 g/mol. The molecule has 1 saturated heterocycles. The summed E-state index contributed by atoms with van der Waals surface area (Å²) >= 11 is 0. The van der Waals surface area contributed by atoms with Crippen molar-refractivity contribution in [3.63, 3.8) is 0 Å². The van der Waals surface area contributed by atoms with E-state index in [4.69, 9.17) is 4.42 Å². The molecule has 0 spiro atoms. The number of amides is 1. The van der Waals surface area contributed by atoms with E-state index in [-0.39, 0.29) is 17.6 Å². The predicted octanol–water partition coefficient (Wildman–Crippen LogP) is 3.33. The summed E-state index contributed by atoms with van der Waals surface area (Å²) < 4.78 is 5.45. The topological polar surface area (TPSA) is 62.6 Å². The van der Waals surface area contributed by atoms with Crippen molar-refractivity contribution in [2.24, 2.45) is 0 Å². The zero-order valence-corrected chi connectivity index (χ0v) is 16.1. The van der Waals surface area contributed by atoms with Crippen molar-refractivity contribution >= 4 is 16.9 Å². The van der Waals surface area contributed by atoms with Crippen LogP contribution in [0.15, 0.2) is 27.4 Å². The molecule has 140 valence electrons. The lowest BCUT2D eigenvalue weighted by Gasteiger charge is -2.33. The maximum absolute atomic E-state index is 12.0. The highest BCUT2D eigenvalue weighted by atomic mass is 16.4. The summed E-state index contributed by atoms with van der Waals surface area (Å²) in [5.74, 6) is 0.429. The molecule has 3 rings (SSSR count). The molecule has 0 radical (unpaired) electrons. The van der Waals surface area contributed by atoms with Gasteiger partial charge in [-0.25, -0.2) is 4.79 Å². The second-order valence-corrected chi connectivity index (χ2v) is 7.73. The van der Waals surface area contributed by atoms with Crippen molar-refractivity contribution in [1.29, 1.82) is 0 Å². The van der Waals surface area contributed by atoms with Crippen molar-refractivity contribution < 1.29 is 9.21 Å². The van der Waals surface area contributed by atoms with E-state index in [9.17, 15) is 9.59 Å². The fourth-order valence-corrected chi connectivity index (χ4v) is 3.99. The fourth-order valence-electron chi connectivity index (χ4n) is 3.99. The fraction of sp³-hybridized carbons (Fsp3) is 0.524. The van der Waals surface area contributed by atoms with Gasteiger partial charge in [0, 0.05) is 37.5 Å². The Morgan fingerprint density at radius 2 is 2.12 bits per heavy atom. The molecule has 2 heterocycles. The molecular formula is C21H28N2O3. The minimum absolute atomic E-state index is 0.0136. The Morgan fingerprint density at radius 3 is 2.81 bits per heavy atom. The molecule has 0 bridgehead atoms. The van der Waals surface area contributed by atoms with Gasteiger partial charge in [0.1, 0.15) is 5.58 Å². The lowest BCUT2D eigenvalue weighted by atomic mass is 9.94. The van der Waals surface area contributed by atoms with Crippen molar-refractivity contribution in [3.05, 3.63) is 45.3 Å². The van der Waals surface area contributed by atoms with E-state index in [0.29, 0.717) is 18.0 Å². The van der Waals surface area contributed by atoms with E-state index in [1.165, 1.54) is 5.56 Å². The van der Waals surface area contributed by atoms with E-state index in [1.54, 1.807) is 13.0 Å². The highest BCUT2D eigenvalue weighted by Gasteiger charge is 2.21. The summed E-state index contributed by atoms with van der Waals surface area (Å²) in [5, 5.41) is 4.03. The third-order valence-electron chi connectivity index (χ3n) is 5.15. The van der Waals surface area contributed by atoms with Crippen LogP contribution in [0.25, 0.3) is 11.0 Å². The summed E-state index contributed by atoms with van der Waals surface area (Å²) in [6, 6.07) is 5.94. The highest BCUT2D eigenvalue weighted by Crippen LogP contribution is 2.28. The summed E-state index contributed by atoms with van der Waals surface area (Å²) in [7, 11) is 0. The minimum atomic E-state index is -0.306. The van der Waals surface area contributed by atoms with E-state index >= 15 is 0 Å². The first-order chi connectivity index (χ1) is 12.3. The Balaban J connectivity index is 1.92. The molecule has 1 unspecified atom stereocenters. The van der Waals surface area contributed by atoms with Crippen LogP contribution < -0.4 is 10.9 Å². The van der Waals surface area contributed by atoms with Gasteiger partial charge in [0.15, 0.2) is 0 Å². The van der Waals surface area contributed by atoms with Gasteiger partial charge in [-0.1, -0.05) is 13.8 Å². The molecule has 5 heteroatoms. The smallest absolute Gasteiger partial charge is 0.336 e. The lowest BCUT2D eigenvalue weighted by Crippen LogP contribution is -2.46. The molecule has 1 N–H and O–H groups in total. The van der Waals surface area contributed by atoms with Crippen LogP contribution in [0, 0.1) is 6.92 Å². The second kappa shape index (κ2) is 7.62. The zero-order valence-electron chi connectivity index (χ0n) is 16.1. The Kier molecular flexibility index (Phi) is 5.47. The molecule has 1 atom stereocenters. The number of piperidine rings is 1. The van der Waals surface area contributed by atoms with Crippen LogP contribution in [0.2, 0.25) is 0 Å². The maximum atomic E-state index is 12.0. The number of likely N-dealkylation sites (tertiary alicyclic amines) is 1. The maximum Gasteiger partial charge on any atom is 0.336 e. The quantitative estimate of drug-likeness (QED) is 0.854. The summed E-state index contributed by atoms with van der Waals surface area (Å²) in [5.41, 5.74) is 3.78. The van der Waals surface area contributed by atoms with Crippen LogP contribution in [0.3, 0.4) is 0 Å². The second-order valence-electron chi connectivity index (χ2n) is 7.73. The molecule has 1 aliphatic heterocycles. The molecule has 2 aromatic rings.